The van der Waals surface area contributed by atoms with Crippen LogP contribution in [0, 0.1) is 0 Å². The van der Waals surface area contributed by atoms with E-state index in [1.165, 1.54) is 28.1 Å². The van der Waals surface area contributed by atoms with E-state index in [9.17, 15) is 19.2 Å². The summed E-state index contributed by atoms with van der Waals surface area (Å²) in [7, 11) is 2.35. The molecule has 0 aromatic rings. The monoisotopic (exact) mass is 304 g/mol. The molecule has 0 aromatic heterocycles. The largest absolute Gasteiger partial charge is 0.453 e. The van der Waals surface area contributed by atoms with Crippen molar-refractivity contribution in [3.63, 3.8) is 0 Å². The molecule has 0 fully saturated rings. The van der Waals surface area contributed by atoms with Gasteiger partial charge in [-0.05, 0) is 13.8 Å². The van der Waals surface area contributed by atoms with Crippen LogP contribution in [0.15, 0.2) is 0 Å². The maximum atomic E-state index is 11.5. The van der Waals surface area contributed by atoms with Gasteiger partial charge in [0.25, 0.3) is 0 Å². The van der Waals surface area contributed by atoms with Crippen LogP contribution in [0.4, 0.5) is 9.59 Å². The van der Waals surface area contributed by atoms with Crippen molar-refractivity contribution in [2.24, 2.45) is 0 Å². The van der Waals surface area contributed by atoms with Crippen molar-refractivity contribution in [1.29, 1.82) is 0 Å². The molecule has 4 amide bonds. The van der Waals surface area contributed by atoms with Gasteiger partial charge in [-0.2, -0.15) is 0 Å². The van der Waals surface area contributed by atoms with Crippen LogP contribution in [0.5, 0.6) is 0 Å². The first-order valence-corrected chi connectivity index (χ1v) is 6.06. The maximum absolute atomic E-state index is 11.5. The van der Waals surface area contributed by atoms with Crippen LogP contribution in [0.25, 0.3) is 0 Å². The summed E-state index contributed by atoms with van der Waals surface area (Å²) in [6.45, 7) is 2.75. The van der Waals surface area contributed by atoms with Crippen molar-refractivity contribution in [3.05, 3.63) is 0 Å². The number of hydrogen-bond acceptors (Lipinski definition) is 6. The minimum Gasteiger partial charge on any atom is -0.453 e. The third kappa shape index (κ3) is 7.60. The first kappa shape index (κ1) is 18.5. The van der Waals surface area contributed by atoms with Crippen LogP contribution in [0.2, 0.25) is 0 Å². The standard InChI is InChI=1S/C11H20N4O6/c1-6(14-10(18)20-3)8(16)12-5-13-9(17)7(2)15-11(19)21-4/h6-7H,5H2,1-4H3,(H,12,16)(H,13,17)(H,14,18)(H,15,19). The van der Waals surface area contributed by atoms with E-state index < -0.39 is 36.1 Å². The fraction of sp³-hybridized carbons (Fsp3) is 0.636. The Kier molecular flexibility index (Phi) is 8.27. The molecule has 10 nitrogen and oxygen atoms in total. The molecule has 2 unspecified atom stereocenters. The second-order valence-corrected chi connectivity index (χ2v) is 3.97. The van der Waals surface area contributed by atoms with Crippen LogP contribution >= 0.6 is 0 Å². The Labute approximate surface area is 121 Å². The summed E-state index contributed by atoms with van der Waals surface area (Å²) in [4.78, 5) is 44.9. The van der Waals surface area contributed by atoms with Crippen LogP contribution in [0.1, 0.15) is 13.8 Å². The summed E-state index contributed by atoms with van der Waals surface area (Å²) in [6.07, 6.45) is -1.48. The Balaban J connectivity index is 4.02. The molecule has 2 atom stereocenters. The summed E-state index contributed by atoms with van der Waals surface area (Å²) >= 11 is 0. The van der Waals surface area contributed by atoms with Crippen molar-refractivity contribution < 1.29 is 28.7 Å². The van der Waals surface area contributed by atoms with Crippen molar-refractivity contribution >= 4 is 24.0 Å². The second-order valence-electron chi connectivity index (χ2n) is 3.97. The van der Waals surface area contributed by atoms with E-state index in [1.807, 2.05) is 0 Å². The Morgan fingerprint density at radius 1 is 0.810 bits per heavy atom. The van der Waals surface area contributed by atoms with Gasteiger partial charge in [-0.15, -0.1) is 0 Å². The predicted molar refractivity (Wildman–Crippen MR) is 71.2 cm³/mol. The van der Waals surface area contributed by atoms with Crippen LogP contribution in [-0.2, 0) is 19.1 Å². The summed E-state index contributed by atoms with van der Waals surface area (Å²) in [5.74, 6) is -1.01. The highest BCUT2D eigenvalue weighted by Crippen LogP contribution is 1.85. The smallest absolute Gasteiger partial charge is 0.407 e. The van der Waals surface area contributed by atoms with Gasteiger partial charge in [0.2, 0.25) is 11.8 Å². The average molecular weight is 304 g/mol. The van der Waals surface area contributed by atoms with Crippen LogP contribution < -0.4 is 21.3 Å². The fourth-order valence-corrected chi connectivity index (χ4v) is 1.13. The molecule has 21 heavy (non-hydrogen) atoms. The highest BCUT2D eigenvalue weighted by atomic mass is 16.5. The normalized spacial score (nSPS) is 12.4. The van der Waals surface area contributed by atoms with Crippen LogP contribution in [-0.4, -0.2) is 57.0 Å². The van der Waals surface area contributed by atoms with Gasteiger partial charge in [-0.1, -0.05) is 0 Å². The lowest BCUT2D eigenvalue weighted by Gasteiger charge is -2.15. The third-order valence-electron chi connectivity index (χ3n) is 2.35. The molecule has 10 heteroatoms. The van der Waals surface area contributed by atoms with Gasteiger partial charge in [-0.3, -0.25) is 9.59 Å². The number of alkyl carbamates (subject to hydrolysis) is 2. The molecule has 0 radical (unpaired) electrons. The van der Waals surface area contributed by atoms with E-state index in [0.29, 0.717) is 0 Å². The number of ether oxygens (including phenoxy) is 2. The zero-order chi connectivity index (χ0) is 16.4. The van der Waals surface area contributed by atoms with Gasteiger partial charge >= 0.3 is 12.2 Å². The third-order valence-corrected chi connectivity index (χ3v) is 2.35. The SMILES string of the molecule is COC(=O)NC(C)C(=O)NCNC(=O)C(C)NC(=O)OC. The molecule has 0 bridgehead atoms. The molecular formula is C11H20N4O6. The Morgan fingerprint density at radius 3 is 1.43 bits per heavy atom. The average Bonchev–Trinajstić information content (AvgIpc) is 2.46. The number of methoxy groups -OCH3 is 2. The number of carbonyl (C=O) groups is 4. The van der Waals surface area contributed by atoms with E-state index in [1.54, 1.807) is 0 Å². The van der Waals surface area contributed by atoms with E-state index in [2.05, 4.69) is 30.7 Å². The van der Waals surface area contributed by atoms with E-state index in [4.69, 9.17) is 0 Å². The highest BCUT2D eigenvalue weighted by molar-refractivity contribution is 5.87. The van der Waals surface area contributed by atoms with Crippen molar-refractivity contribution in [1.82, 2.24) is 21.3 Å². The van der Waals surface area contributed by atoms with Gasteiger partial charge in [0.15, 0.2) is 0 Å². The highest BCUT2D eigenvalue weighted by Gasteiger charge is 2.17. The molecule has 0 aromatic carbocycles. The maximum Gasteiger partial charge on any atom is 0.407 e. The minimum atomic E-state index is -0.819. The molecule has 4 N–H and O–H groups in total. The van der Waals surface area contributed by atoms with Crippen molar-refractivity contribution in [2.45, 2.75) is 25.9 Å². The summed E-state index contributed by atoms with van der Waals surface area (Å²) in [5.41, 5.74) is 0. The van der Waals surface area contributed by atoms with E-state index >= 15 is 0 Å². The molecule has 0 aliphatic carbocycles. The van der Waals surface area contributed by atoms with Gasteiger partial charge in [0, 0.05) is 0 Å². The zero-order valence-corrected chi connectivity index (χ0v) is 12.3. The number of rotatable bonds is 6. The van der Waals surface area contributed by atoms with Crippen LogP contribution in [0.3, 0.4) is 0 Å². The number of nitrogens with one attached hydrogen (secondary N) is 4. The van der Waals surface area contributed by atoms with E-state index in [0.717, 1.165) is 0 Å². The molecular weight excluding hydrogens is 284 g/mol. The quantitative estimate of drug-likeness (QED) is 0.449. The van der Waals surface area contributed by atoms with Crippen molar-refractivity contribution in [3.8, 4) is 0 Å². The molecule has 0 saturated heterocycles. The Bertz CT molecular complexity index is 364. The second kappa shape index (κ2) is 9.39. The van der Waals surface area contributed by atoms with Gasteiger partial charge in [-0.25, -0.2) is 9.59 Å². The lowest BCUT2D eigenvalue weighted by molar-refractivity contribution is -0.124. The number of amides is 4. The molecule has 0 heterocycles. The zero-order valence-electron chi connectivity index (χ0n) is 12.3. The predicted octanol–water partition coefficient (Wildman–Crippen LogP) is -1.33. The summed E-state index contributed by atoms with van der Waals surface area (Å²) in [6, 6.07) is -1.64. The lowest BCUT2D eigenvalue weighted by Crippen LogP contribution is -2.51. The Morgan fingerprint density at radius 2 is 1.14 bits per heavy atom. The van der Waals surface area contributed by atoms with E-state index in [-0.39, 0.29) is 6.67 Å². The molecule has 120 valence electrons. The summed E-state index contributed by atoms with van der Waals surface area (Å²) in [5, 5.41) is 9.29. The lowest BCUT2D eigenvalue weighted by atomic mass is 10.3. The summed E-state index contributed by atoms with van der Waals surface area (Å²) < 4.78 is 8.68. The van der Waals surface area contributed by atoms with Gasteiger partial charge in [0.1, 0.15) is 12.1 Å². The molecule has 0 aliphatic rings. The van der Waals surface area contributed by atoms with Crippen molar-refractivity contribution in [2.75, 3.05) is 20.9 Å². The first-order valence-electron chi connectivity index (χ1n) is 6.06. The van der Waals surface area contributed by atoms with Gasteiger partial charge in [0.05, 0.1) is 20.9 Å². The fourth-order valence-electron chi connectivity index (χ4n) is 1.13. The first-order chi connectivity index (χ1) is 9.81. The molecule has 0 spiro atoms. The Hall–Kier alpha value is -2.52. The molecule has 0 aliphatic heterocycles. The molecule has 0 saturated carbocycles. The topological polar surface area (TPSA) is 135 Å². The minimum absolute atomic E-state index is 0.155. The van der Waals surface area contributed by atoms with Gasteiger partial charge < -0.3 is 30.7 Å². The molecule has 0 rings (SSSR count). The number of carbonyl (C=O) groups excluding carboxylic acids is 4. The number of hydrogen-bond donors (Lipinski definition) is 4.